The molecule has 0 atom stereocenters. The average Bonchev–Trinajstić information content (AvgIpc) is 2.50. The van der Waals surface area contributed by atoms with Crippen LogP contribution in [0, 0.1) is 11.3 Å². The Hall–Kier alpha value is -1.00. The zero-order valence-electron chi connectivity index (χ0n) is 8.31. The Bertz CT molecular complexity index is 420. The summed E-state index contributed by atoms with van der Waals surface area (Å²) in [6.07, 6.45) is -3.38. The molecule has 3 nitrogen and oxygen atoms in total. The fourth-order valence-corrected chi connectivity index (χ4v) is 1.75. The molecule has 0 fully saturated rings. The quantitative estimate of drug-likeness (QED) is 0.859. The van der Waals surface area contributed by atoms with Gasteiger partial charge in [0.25, 0.3) is 0 Å². The van der Waals surface area contributed by atoms with Gasteiger partial charge in [0.2, 0.25) is 0 Å². The summed E-state index contributed by atoms with van der Waals surface area (Å²) >= 11 is 2.91. The van der Waals surface area contributed by atoms with Gasteiger partial charge < -0.3 is 9.30 Å². The van der Waals surface area contributed by atoms with Crippen molar-refractivity contribution in [2.24, 2.45) is 0 Å². The second kappa shape index (κ2) is 4.89. The second-order valence-corrected chi connectivity index (χ2v) is 3.76. The van der Waals surface area contributed by atoms with E-state index in [0.717, 1.165) is 4.57 Å². The van der Waals surface area contributed by atoms with Crippen LogP contribution in [0.25, 0.3) is 0 Å². The summed E-state index contributed by atoms with van der Waals surface area (Å²) < 4.78 is 43.9. The van der Waals surface area contributed by atoms with Crippen LogP contribution in [-0.4, -0.2) is 11.2 Å². The first kappa shape index (κ1) is 13.1. The minimum atomic E-state index is -4.58. The Kier molecular flexibility index (Phi) is 3.99. The molecular weight excluding hydrogens is 289 g/mol. The highest BCUT2D eigenvalue weighted by atomic mass is 79.9. The molecule has 0 aliphatic rings. The monoisotopic (exact) mass is 296 g/mol. The van der Waals surface area contributed by atoms with Crippen LogP contribution in [0.1, 0.15) is 18.2 Å². The van der Waals surface area contributed by atoms with Crippen molar-refractivity contribution in [1.82, 2.24) is 4.57 Å². The maximum atomic E-state index is 12.7. The molecule has 0 saturated heterocycles. The largest absolute Gasteiger partial charge is 0.432 e. The van der Waals surface area contributed by atoms with Crippen molar-refractivity contribution in [3.63, 3.8) is 0 Å². The number of aromatic nitrogens is 1. The van der Waals surface area contributed by atoms with Gasteiger partial charge in [0, 0.05) is 12.8 Å². The lowest BCUT2D eigenvalue weighted by Gasteiger charge is -2.11. The lowest BCUT2D eigenvalue weighted by atomic mass is 10.2. The van der Waals surface area contributed by atoms with E-state index < -0.39 is 17.4 Å². The highest BCUT2D eigenvalue weighted by Gasteiger charge is 2.38. The van der Waals surface area contributed by atoms with E-state index in [1.165, 1.54) is 12.3 Å². The average molecular weight is 297 g/mol. The van der Waals surface area contributed by atoms with Crippen LogP contribution in [-0.2, 0) is 17.6 Å². The highest BCUT2D eigenvalue weighted by Crippen LogP contribution is 2.36. The van der Waals surface area contributed by atoms with E-state index >= 15 is 0 Å². The van der Waals surface area contributed by atoms with E-state index in [2.05, 4.69) is 15.9 Å². The Morgan fingerprint density at radius 1 is 1.56 bits per heavy atom. The number of hydrogen-bond acceptors (Lipinski definition) is 2. The molecule has 7 heteroatoms. The molecular formula is C9H8BrF3N2O. The van der Waals surface area contributed by atoms with Crippen molar-refractivity contribution in [3.05, 3.63) is 21.9 Å². The van der Waals surface area contributed by atoms with Crippen LogP contribution in [0.3, 0.4) is 0 Å². The summed E-state index contributed by atoms with van der Waals surface area (Å²) in [5, 5.41) is 8.67. The van der Waals surface area contributed by atoms with Gasteiger partial charge in [-0.1, -0.05) is 0 Å². The zero-order chi connectivity index (χ0) is 12.3. The fraction of sp³-hybridized carbons (Fsp3) is 0.444. The molecule has 0 aliphatic carbocycles. The first-order chi connectivity index (χ1) is 7.41. The third kappa shape index (κ3) is 2.57. The van der Waals surface area contributed by atoms with E-state index in [4.69, 9.17) is 10.00 Å². The van der Waals surface area contributed by atoms with Gasteiger partial charge >= 0.3 is 6.18 Å². The first-order valence-electron chi connectivity index (χ1n) is 4.35. The van der Waals surface area contributed by atoms with Crippen molar-refractivity contribution in [2.45, 2.75) is 19.8 Å². The van der Waals surface area contributed by atoms with Gasteiger partial charge in [0.05, 0.1) is 10.0 Å². The molecule has 1 aromatic heterocycles. The van der Waals surface area contributed by atoms with Crippen molar-refractivity contribution in [1.29, 1.82) is 5.26 Å². The standard InChI is InChI=1S/C9H8BrF3N2O/c1-2-16-5-15-4-7(10)6(3-14)8(15)9(11,12)13/h4H,2,5H2,1H3. The molecule has 0 amide bonds. The first-order valence-corrected chi connectivity index (χ1v) is 5.14. The molecule has 0 N–H and O–H groups in total. The van der Waals surface area contributed by atoms with Gasteiger partial charge in [0.15, 0.2) is 0 Å². The minimum absolute atomic E-state index is 0.113. The van der Waals surface area contributed by atoms with E-state index in [1.807, 2.05) is 0 Å². The van der Waals surface area contributed by atoms with Gasteiger partial charge in [-0.2, -0.15) is 18.4 Å². The Labute approximate surface area is 98.5 Å². The maximum Gasteiger partial charge on any atom is 0.432 e. The van der Waals surface area contributed by atoms with Gasteiger partial charge in [0.1, 0.15) is 18.5 Å². The van der Waals surface area contributed by atoms with Crippen molar-refractivity contribution < 1.29 is 17.9 Å². The summed E-state index contributed by atoms with van der Waals surface area (Å²) in [5.41, 5.74) is -1.41. The van der Waals surface area contributed by atoms with Crippen LogP contribution >= 0.6 is 15.9 Å². The molecule has 0 unspecified atom stereocenters. The molecule has 16 heavy (non-hydrogen) atoms. The van der Waals surface area contributed by atoms with Gasteiger partial charge in [-0.25, -0.2) is 0 Å². The summed E-state index contributed by atoms with van der Waals surface area (Å²) in [4.78, 5) is 0. The predicted octanol–water partition coefficient (Wildman–Crippen LogP) is 3.14. The van der Waals surface area contributed by atoms with Crippen LogP contribution in [0.4, 0.5) is 13.2 Å². The molecule has 0 saturated carbocycles. The maximum absolute atomic E-state index is 12.7. The summed E-state index contributed by atoms with van der Waals surface area (Å²) in [7, 11) is 0. The summed E-state index contributed by atoms with van der Waals surface area (Å²) in [6.45, 7) is 1.75. The zero-order valence-corrected chi connectivity index (χ0v) is 9.89. The third-order valence-corrected chi connectivity index (χ3v) is 2.45. The lowest BCUT2D eigenvalue weighted by Crippen LogP contribution is -2.16. The third-order valence-electron chi connectivity index (χ3n) is 1.85. The van der Waals surface area contributed by atoms with Gasteiger partial charge in [-0.15, -0.1) is 0 Å². The van der Waals surface area contributed by atoms with Crippen LogP contribution in [0.2, 0.25) is 0 Å². The number of ether oxygens (including phenoxy) is 1. The Morgan fingerprint density at radius 2 is 2.19 bits per heavy atom. The molecule has 1 rings (SSSR count). The number of halogens is 4. The molecule has 0 aliphatic heterocycles. The highest BCUT2D eigenvalue weighted by molar-refractivity contribution is 9.10. The van der Waals surface area contributed by atoms with Crippen LogP contribution in [0.5, 0.6) is 0 Å². The molecule has 1 heterocycles. The lowest BCUT2D eigenvalue weighted by molar-refractivity contribution is -0.146. The number of alkyl halides is 3. The minimum Gasteiger partial charge on any atom is -0.361 e. The molecule has 0 spiro atoms. The number of rotatable bonds is 3. The number of hydrogen-bond donors (Lipinski definition) is 0. The topological polar surface area (TPSA) is 38.0 Å². The Balaban J connectivity index is 3.24. The van der Waals surface area contributed by atoms with Gasteiger partial charge in [-0.3, -0.25) is 0 Å². The molecule has 88 valence electrons. The van der Waals surface area contributed by atoms with E-state index in [0.29, 0.717) is 6.61 Å². The van der Waals surface area contributed by atoms with E-state index in [1.54, 1.807) is 6.92 Å². The van der Waals surface area contributed by atoms with E-state index in [-0.39, 0.29) is 11.2 Å². The van der Waals surface area contributed by atoms with Gasteiger partial charge in [-0.05, 0) is 22.9 Å². The number of nitrogens with zero attached hydrogens (tertiary/aromatic N) is 2. The SMILES string of the molecule is CCOCn1cc(Br)c(C#N)c1C(F)(F)F. The van der Waals surface area contributed by atoms with E-state index in [9.17, 15) is 13.2 Å². The molecule has 0 radical (unpaired) electrons. The number of nitriles is 1. The summed E-state index contributed by atoms with van der Waals surface area (Å²) in [5.74, 6) is 0. The molecule has 0 aromatic carbocycles. The van der Waals surface area contributed by atoms with Crippen molar-refractivity contribution in [3.8, 4) is 6.07 Å². The normalized spacial score (nSPS) is 11.5. The predicted molar refractivity (Wildman–Crippen MR) is 53.5 cm³/mol. The molecule has 0 bridgehead atoms. The van der Waals surface area contributed by atoms with Crippen molar-refractivity contribution in [2.75, 3.05) is 6.61 Å². The van der Waals surface area contributed by atoms with Crippen molar-refractivity contribution >= 4 is 15.9 Å². The summed E-state index contributed by atoms with van der Waals surface area (Å²) in [6, 6.07) is 1.52. The smallest absolute Gasteiger partial charge is 0.361 e. The second-order valence-electron chi connectivity index (χ2n) is 2.90. The Morgan fingerprint density at radius 3 is 2.62 bits per heavy atom. The molecule has 1 aromatic rings. The van der Waals surface area contributed by atoms with Crippen LogP contribution < -0.4 is 0 Å². The van der Waals surface area contributed by atoms with Crippen LogP contribution in [0.15, 0.2) is 10.7 Å². The fourth-order valence-electron chi connectivity index (χ4n) is 1.23.